The van der Waals surface area contributed by atoms with E-state index in [0.29, 0.717) is 6.42 Å². The van der Waals surface area contributed by atoms with Crippen molar-refractivity contribution >= 4 is 17.9 Å². The molecule has 1 aliphatic rings. The Morgan fingerprint density at radius 3 is 2.57 bits per heavy atom. The predicted octanol–water partition coefficient (Wildman–Crippen LogP) is 3.06. The second-order valence-electron chi connectivity index (χ2n) is 6.89. The van der Waals surface area contributed by atoms with E-state index in [4.69, 9.17) is 4.74 Å². The summed E-state index contributed by atoms with van der Waals surface area (Å²) >= 11 is 0. The quantitative estimate of drug-likeness (QED) is 0.754. The van der Waals surface area contributed by atoms with Crippen LogP contribution in [0, 0.1) is 0 Å². The summed E-state index contributed by atoms with van der Waals surface area (Å²) in [6, 6.07) is 16.7. The zero-order chi connectivity index (χ0) is 19.8. The van der Waals surface area contributed by atoms with Gasteiger partial charge in [0.25, 0.3) is 0 Å². The van der Waals surface area contributed by atoms with Gasteiger partial charge in [-0.15, -0.1) is 0 Å². The van der Waals surface area contributed by atoms with E-state index in [9.17, 15) is 9.59 Å². The fourth-order valence-corrected chi connectivity index (χ4v) is 3.34. The van der Waals surface area contributed by atoms with Gasteiger partial charge in [0, 0.05) is 25.6 Å². The van der Waals surface area contributed by atoms with E-state index in [-0.39, 0.29) is 11.8 Å². The minimum absolute atomic E-state index is 0.00974. The average Bonchev–Trinajstić information content (AvgIpc) is 3.27. The van der Waals surface area contributed by atoms with Crippen LogP contribution in [-0.4, -0.2) is 43.0 Å². The second-order valence-corrected chi connectivity index (χ2v) is 6.89. The van der Waals surface area contributed by atoms with Crippen LogP contribution >= 0.6 is 0 Å². The van der Waals surface area contributed by atoms with Gasteiger partial charge in [0.15, 0.2) is 0 Å². The fraction of sp³-hybridized carbons (Fsp3) is 0.304. The molecule has 1 saturated heterocycles. The molecule has 0 radical (unpaired) electrons. The van der Waals surface area contributed by atoms with Gasteiger partial charge in [0.05, 0.1) is 7.11 Å². The van der Waals surface area contributed by atoms with Crippen molar-refractivity contribution in [3.63, 3.8) is 0 Å². The number of nitrogens with one attached hydrogen (secondary N) is 1. The number of hydrogen-bond acceptors (Lipinski definition) is 3. The molecular weight excluding hydrogens is 352 g/mol. The molecule has 2 amide bonds. The lowest BCUT2D eigenvalue weighted by molar-refractivity contribution is -0.134. The molecule has 0 unspecified atom stereocenters. The standard InChI is InChI=1S/C23H26N2O3/c1-28-20-11-7-10-19(16-20)12-13-22(26)24-21(17-18-8-3-2-4-9-18)23(27)25-14-5-6-15-25/h2-4,7-13,16,21H,5-6,14-15,17H2,1H3,(H,24,26)/b13-12+/t21-/m0/s1. The number of carbonyl (C=O) groups is 2. The van der Waals surface area contributed by atoms with E-state index in [1.54, 1.807) is 13.2 Å². The van der Waals surface area contributed by atoms with E-state index in [0.717, 1.165) is 42.8 Å². The number of likely N-dealkylation sites (tertiary alicyclic amines) is 1. The zero-order valence-corrected chi connectivity index (χ0v) is 16.1. The minimum Gasteiger partial charge on any atom is -0.497 e. The molecule has 1 atom stereocenters. The first-order valence-corrected chi connectivity index (χ1v) is 9.61. The van der Waals surface area contributed by atoms with Crippen molar-refractivity contribution in [2.24, 2.45) is 0 Å². The monoisotopic (exact) mass is 378 g/mol. The van der Waals surface area contributed by atoms with Gasteiger partial charge in [-0.2, -0.15) is 0 Å². The highest BCUT2D eigenvalue weighted by molar-refractivity contribution is 5.95. The lowest BCUT2D eigenvalue weighted by Gasteiger charge is -2.23. The summed E-state index contributed by atoms with van der Waals surface area (Å²) in [4.78, 5) is 27.3. The smallest absolute Gasteiger partial charge is 0.245 e. The van der Waals surface area contributed by atoms with Crippen molar-refractivity contribution in [2.75, 3.05) is 20.2 Å². The molecule has 2 aromatic rings. The number of benzene rings is 2. The van der Waals surface area contributed by atoms with Gasteiger partial charge < -0.3 is 15.0 Å². The maximum atomic E-state index is 12.9. The van der Waals surface area contributed by atoms with E-state index in [2.05, 4.69) is 5.32 Å². The van der Waals surface area contributed by atoms with Crippen LogP contribution in [0.5, 0.6) is 5.75 Å². The Morgan fingerprint density at radius 2 is 1.86 bits per heavy atom. The number of carbonyl (C=O) groups excluding carboxylic acids is 2. The van der Waals surface area contributed by atoms with Crippen molar-refractivity contribution in [1.29, 1.82) is 0 Å². The molecule has 146 valence electrons. The Kier molecular flexibility index (Phi) is 6.84. The Hall–Kier alpha value is -3.08. The Bertz CT molecular complexity index is 827. The Labute approximate surface area is 166 Å². The molecule has 5 nitrogen and oxygen atoms in total. The highest BCUT2D eigenvalue weighted by Crippen LogP contribution is 2.14. The minimum atomic E-state index is -0.567. The van der Waals surface area contributed by atoms with Crippen LogP contribution in [-0.2, 0) is 16.0 Å². The van der Waals surface area contributed by atoms with Gasteiger partial charge >= 0.3 is 0 Å². The summed E-state index contributed by atoms with van der Waals surface area (Å²) in [5.74, 6) is 0.439. The molecule has 1 N–H and O–H groups in total. The van der Waals surface area contributed by atoms with Crippen LogP contribution in [0.25, 0.3) is 6.08 Å². The lowest BCUT2D eigenvalue weighted by atomic mass is 10.0. The van der Waals surface area contributed by atoms with Crippen LogP contribution in [0.3, 0.4) is 0 Å². The zero-order valence-electron chi connectivity index (χ0n) is 16.1. The van der Waals surface area contributed by atoms with Gasteiger partial charge in [-0.3, -0.25) is 9.59 Å². The maximum absolute atomic E-state index is 12.9. The molecule has 0 spiro atoms. The third kappa shape index (κ3) is 5.46. The van der Waals surface area contributed by atoms with E-state index >= 15 is 0 Å². The molecule has 0 bridgehead atoms. The van der Waals surface area contributed by atoms with Crippen LogP contribution < -0.4 is 10.1 Å². The van der Waals surface area contributed by atoms with Gasteiger partial charge in [0.2, 0.25) is 11.8 Å². The van der Waals surface area contributed by atoms with Crippen molar-refractivity contribution in [2.45, 2.75) is 25.3 Å². The molecule has 0 aromatic heterocycles. The maximum Gasteiger partial charge on any atom is 0.245 e. The molecule has 28 heavy (non-hydrogen) atoms. The number of hydrogen-bond donors (Lipinski definition) is 1. The number of amides is 2. The summed E-state index contributed by atoms with van der Waals surface area (Å²) in [5, 5.41) is 2.89. The summed E-state index contributed by atoms with van der Waals surface area (Å²) in [6.07, 6.45) is 5.71. The molecule has 1 aliphatic heterocycles. The van der Waals surface area contributed by atoms with Crippen LogP contribution in [0.15, 0.2) is 60.7 Å². The molecule has 5 heteroatoms. The summed E-state index contributed by atoms with van der Waals surface area (Å²) in [7, 11) is 1.60. The van der Waals surface area contributed by atoms with Crippen LogP contribution in [0.2, 0.25) is 0 Å². The first-order chi connectivity index (χ1) is 13.7. The van der Waals surface area contributed by atoms with Gasteiger partial charge in [-0.1, -0.05) is 42.5 Å². The van der Waals surface area contributed by atoms with E-state index in [1.165, 1.54) is 6.08 Å². The number of methoxy groups -OCH3 is 1. The highest BCUT2D eigenvalue weighted by Gasteiger charge is 2.27. The summed E-state index contributed by atoms with van der Waals surface area (Å²) in [6.45, 7) is 1.53. The van der Waals surface area contributed by atoms with E-state index < -0.39 is 6.04 Å². The van der Waals surface area contributed by atoms with E-state index in [1.807, 2.05) is 59.5 Å². The topological polar surface area (TPSA) is 58.6 Å². The SMILES string of the molecule is COc1cccc(/C=C/C(=O)N[C@@H](Cc2ccccc2)C(=O)N2CCCC2)c1. The highest BCUT2D eigenvalue weighted by atomic mass is 16.5. The third-order valence-corrected chi connectivity index (χ3v) is 4.84. The molecule has 1 heterocycles. The molecular formula is C23H26N2O3. The predicted molar refractivity (Wildman–Crippen MR) is 110 cm³/mol. The summed E-state index contributed by atoms with van der Waals surface area (Å²) in [5.41, 5.74) is 1.89. The first kappa shape index (κ1) is 19.7. The summed E-state index contributed by atoms with van der Waals surface area (Å²) < 4.78 is 5.20. The molecule has 3 rings (SSSR count). The first-order valence-electron chi connectivity index (χ1n) is 9.61. The number of rotatable bonds is 7. The van der Waals surface area contributed by atoms with Crippen molar-refractivity contribution in [3.05, 3.63) is 71.8 Å². The van der Waals surface area contributed by atoms with Crippen molar-refractivity contribution in [3.8, 4) is 5.75 Å². The second kappa shape index (κ2) is 9.74. The third-order valence-electron chi connectivity index (χ3n) is 4.84. The molecule has 1 fully saturated rings. The molecule has 2 aromatic carbocycles. The Morgan fingerprint density at radius 1 is 1.11 bits per heavy atom. The fourth-order valence-electron chi connectivity index (χ4n) is 3.34. The van der Waals surface area contributed by atoms with Gasteiger partial charge in [-0.05, 0) is 42.2 Å². The Balaban J connectivity index is 1.69. The van der Waals surface area contributed by atoms with Gasteiger partial charge in [0.1, 0.15) is 11.8 Å². The van der Waals surface area contributed by atoms with Gasteiger partial charge in [-0.25, -0.2) is 0 Å². The van der Waals surface area contributed by atoms with Crippen molar-refractivity contribution < 1.29 is 14.3 Å². The van der Waals surface area contributed by atoms with Crippen LogP contribution in [0.4, 0.5) is 0 Å². The number of ether oxygens (including phenoxy) is 1. The molecule has 0 aliphatic carbocycles. The molecule has 0 saturated carbocycles. The van der Waals surface area contributed by atoms with Crippen LogP contribution in [0.1, 0.15) is 24.0 Å². The van der Waals surface area contributed by atoms with Crippen molar-refractivity contribution in [1.82, 2.24) is 10.2 Å². The average molecular weight is 378 g/mol. The lowest BCUT2D eigenvalue weighted by Crippen LogP contribution is -2.48. The largest absolute Gasteiger partial charge is 0.497 e. The normalized spacial score (nSPS) is 14.8. The number of nitrogens with zero attached hydrogens (tertiary/aromatic N) is 1.